The summed E-state index contributed by atoms with van der Waals surface area (Å²) >= 11 is 0. The van der Waals surface area contributed by atoms with Crippen molar-refractivity contribution in [2.45, 2.75) is 6.92 Å². The minimum Gasteiger partial charge on any atom is -0.493 e. The number of aryl methyl sites for hydroxylation is 2. The van der Waals surface area contributed by atoms with Crippen LogP contribution in [-0.4, -0.2) is 28.0 Å². The van der Waals surface area contributed by atoms with Crippen LogP contribution >= 0.6 is 0 Å². The molecule has 0 spiro atoms. The fourth-order valence-electron chi connectivity index (χ4n) is 1.93. The van der Waals surface area contributed by atoms with E-state index < -0.39 is 5.97 Å². The van der Waals surface area contributed by atoms with Crippen molar-refractivity contribution >= 4 is 12.0 Å². The van der Waals surface area contributed by atoms with Crippen molar-refractivity contribution in [3.05, 3.63) is 41.6 Å². The Morgan fingerprint density at radius 1 is 1.33 bits per heavy atom. The van der Waals surface area contributed by atoms with Gasteiger partial charge >= 0.3 is 5.97 Å². The number of carbonyl (C=O) groups is 1. The summed E-state index contributed by atoms with van der Waals surface area (Å²) in [6.07, 6.45) is 2.52. The zero-order chi connectivity index (χ0) is 15.4. The second kappa shape index (κ2) is 6.13. The molecule has 2 aromatic rings. The second-order valence-corrected chi connectivity index (χ2v) is 4.35. The molecule has 0 radical (unpaired) electrons. The van der Waals surface area contributed by atoms with E-state index in [4.69, 9.17) is 14.6 Å². The molecule has 0 saturated heterocycles. The Labute approximate surface area is 122 Å². The van der Waals surface area contributed by atoms with Crippen LogP contribution in [0.2, 0.25) is 0 Å². The lowest BCUT2D eigenvalue weighted by Gasteiger charge is -2.10. The molecule has 0 fully saturated rings. The Morgan fingerprint density at radius 3 is 2.62 bits per heavy atom. The number of aromatic nitrogens is 2. The molecule has 6 heteroatoms. The fraction of sp³-hybridized carbons (Fsp3) is 0.200. The van der Waals surface area contributed by atoms with Crippen LogP contribution in [0, 0.1) is 6.92 Å². The number of benzene rings is 1. The highest BCUT2D eigenvalue weighted by Crippen LogP contribution is 2.33. The molecule has 1 aromatic heterocycles. The lowest BCUT2D eigenvalue weighted by atomic mass is 10.2. The molecule has 0 aliphatic heterocycles. The molecule has 0 bridgehead atoms. The van der Waals surface area contributed by atoms with Crippen molar-refractivity contribution in [3.63, 3.8) is 0 Å². The third-order valence-corrected chi connectivity index (χ3v) is 2.88. The summed E-state index contributed by atoms with van der Waals surface area (Å²) in [5.74, 6) is 0.550. The average molecular weight is 288 g/mol. The van der Waals surface area contributed by atoms with Crippen LogP contribution in [0.4, 0.5) is 0 Å². The number of hydrogen-bond donors (Lipinski definition) is 1. The lowest BCUT2D eigenvalue weighted by Crippen LogP contribution is -1.97. The zero-order valence-corrected chi connectivity index (χ0v) is 12.0. The van der Waals surface area contributed by atoms with Gasteiger partial charge in [0, 0.05) is 13.1 Å². The Morgan fingerprint density at radius 2 is 2.00 bits per heavy atom. The SMILES string of the molecule is COc1ccccc1Oc1c(/C=C\C(=O)O)c(C)nn1C. The summed E-state index contributed by atoms with van der Waals surface area (Å²) in [6, 6.07) is 7.22. The van der Waals surface area contributed by atoms with E-state index in [1.165, 1.54) is 6.08 Å². The van der Waals surface area contributed by atoms with Crippen LogP contribution in [-0.2, 0) is 11.8 Å². The van der Waals surface area contributed by atoms with Crippen molar-refractivity contribution in [2.24, 2.45) is 7.05 Å². The number of carboxylic acid groups (broad SMARTS) is 1. The summed E-state index contributed by atoms with van der Waals surface area (Å²) in [5, 5.41) is 13.0. The van der Waals surface area contributed by atoms with Gasteiger partial charge < -0.3 is 14.6 Å². The molecule has 0 amide bonds. The lowest BCUT2D eigenvalue weighted by molar-refractivity contribution is -0.131. The summed E-state index contributed by atoms with van der Waals surface area (Å²) in [7, 11) is 3.29. The Balaban J connectivity index is 2.42. The van der Waals surface area contributed by atoms with Crippen LogP contribution in [0.3, 0.4) is 0 Å². The first-order valence-electron chi connectivity index (χ1n) is 6.28. The number of para-hydroxylation sites is 2. The highest BCUT2D eigenvalue weighted by atomic mass is 16.5. The Kier molecular flexibility index (Phi) is 4.27. The quantitative estimate of drug-likeness (QED) is 0.856. The highest BCUT2D eigenvalue weighted by molar-refractivity contribution is 5.86. The fourth-order valence-corrected chi connectivity index (χ4v) is 1.93. The third kappa shape index (κ3) is 3.22. The van der Waals surface area contributed by atoms with Gasteiger partial charge in [-0.25, -0.2) is 9.48 Å². The van der Waals surface area contributed by atoms with Gasteiger partial charge in [-0.15, -0.1) is 0 Å². The topological polar surface area (TPSA) is 73.6 Å². The van der Waals surface area contributed by atoms with Crippen LogP contribution in [0.15, 0.2) is 30.3 Å². The molecular formula is C15H16N2O4. The smallest absolute Gasteiger partial charge is 0.328 e. The van der Waals surface area contributed by atoms with Crippen molar-refractivity contribution in [3.8, 4) is 17.4 Å². The molecule has 2 rings (SSSR count). The molecule has 1 N–H and O–H groups in total. The van der Waals surface area contributed by atoms with Gasteiger partial charge in [-0.3, -0.25) is 0 Å². The highest BCUT2D eigenvalue weighted by Gasteiger charge is 2.15. The molecule has 0 aliphatic carbocycles. The number of ether oxygens (including phenoxy) is 2. The Hall–Kier alpha value is -2.76. The van der Waals surface area contributed by atoms with Gasteiger partial charge in [0.15, 0.2) is 11.5 Å². The summed E-state index contributed by atoms with van der Waals surface area (Å²) < 4.78 is 12.6. The monoisotopic (exact) mass is 288 g/mol. The number of carboxylic acids is 1. The van der Waals surface area contributed by atoms with Gasteiger partial charge in [0.05, 0.1) is 18.4 Å². The maximum atomic E-state index is 10.7. The van der Waals surface area contributed by atoms with E-state index in [2.05, 4.69) is 5.10 Å². The predicted molar refractivity (Wildman–Crippen MR) is 77.7 cm³/mol. The number of hydrogen-bond acceptors (Lipinski definition) is 4. The van der Waals surface area contributed by atoms with Gasteiger partial charge in [-0.05, 0) is 25.1 Å². The molecule has 1 heterocycles. The number of aliphatic carboxylic acids is 1. The normalized spacial score (nSPS) is 10.8. The standard InChI is InChI=1S/C15H16N2O4/c1-10-11(8-9-14(18)19)15(17(2)16-10)21-13-7-5-4-6-12(13)20-3/h4-9H,1-3H3,(H,18,19)/b9-8-. The molecule has 110 valence electrons. The van der Waals surface area contributed by atoms with Crippen LogP contribution < -0.4 is 9.47 Å². The molecule has 0 unspecified atom stereocenters. The maximum Gasteiger partial charge on any atom is 0.328 e. The van der Waals surface area contributed by atoms with Gasteiger partial charge in [0.25, 0.3) is 0 Å². The van der Waals surface area contributed by atoms with E-state index >= 15 is 0 Å². The van der Waals surface area contributed by atoms with Gasteiger partial charge in [-0.2, -0.15) is 5.10 Å². The van der Waals surface area contributed by atoms with Gasteiger partial charge in [0.2, 0.25) is 5.88 Å². The maximum absolute atomic E-state index is 10.7. The van der Waals surface area contributed by atoms with E-state index in [9.17, 15) is 4.79 Å². The minimum atomic E-state index is -1.03. The summed E-state index contributed by atoms with van der Waals surface area (Å²) in [6.45, 7) is 1.79. The molecule has 0 atom stereocenters. The summed E-state index contributed by atoms with van der Waals surface area (Å²) in [5.41, 5.74) is 1.30. The first kappa shape index (κ1) is 14.6. The molecule has 0 aliphatic rings. The number of rotatable bonds is 5. The Bertz CT molecular complexity index is 689. The van der Waals surface area contributed by atoms with Crippen molar-refractivity contribution < 1.29 is 19.4 Å². The number of methoxy groups -OCH3 is 1. The van der Waals surface area contributed by atoms with Crippen LogP contribution in [0.1, 0.15) is 11.3 Å². The van der Waals surface area contributed by atoms with E-state index in [0.717, 1.165) is 6.08 Å². The number of nitrogens with zero attached hydrogens (tertiary/aromatic N) is 2. The van der Waals surface area contributed by atoms with Gasteiger partial charge in [-0.1, -0.05) is 12.1 Å². The van der Waals surface area contributed by atoms with Crippen molar-refractivity contribution in [1.82, 2.24) is 9.78 Å². The molecule has 6 nitrogen and oxygen atoms in total. The minimum absolute atomic E-state index is 0.453. The molecular weight excluding hydrogens is 272 g/mol. The first-order chi connectivity index (χ1) is 10.0. The van der Waals surface area contributed by atoms with E-state index in [0.29, 0.717) is 28.6 Å². The second-order valence-electron chi connectivity index (χ2n) is 4.35. The molecule has 21 heavy (non-hydrogen) atoms. The van der Waals surface area contributed by atoms with E-state index in [1.807, 2.05) is 12.1 Å². The summed E-state index contributed by atoms with van der Waals surface area (Å²) in [4.78, 5) is 10.7. The van der Waals surface area contributed by atoms with Crippen molar-refractivity contribution in [1.29, 1.82) is 0 Å². The molecule has 1 aromatic carbocycles. The zero-order valence-electron chi connectivity index (χ0n) is 12.0. The van der Waals surface area contributed by atoms with E-state index in [1.54, 1.807) is 37.9 Å². The van der Waals surface area contributed by atoms with Crippen LogP contribution in [0.25, 0.3) is 6.08 Å². The van der Waals surface area contributed by atoms with E-state index in [-0.39, 0.29) is 0 Å². The van der Waals surface area contributed by atoms with Crippen molar-refractivity contribution in [2.75, 3.05) is 7.11 Å². The molecule has 0 saturated carbocycles. The third-order valence-electron chi connectivity index (χ3n) is 2.88. The largest absolute Gasteiger partial charge is 0.493 e. The first-order valence-corrected chi connectivity index (χ1v) is 6.28. The van der Waals surface area contributed by atoms with Gasteiger partial charge in [0.1, 0.15) is 0 Å². The predicted octanol–water partition coefficient (Wildman–Crippen LogP) is 2.63. The van der Waals surface area contributed by atoms with Crippen LogP contribution in [0.5, 0.6) is 17.4 Å². The average Bonchev–Trinajstić information content (AvgIpc) is 2.71.